The molecular formula is C21H27FN4O2. The summed E-state index contributed by atoms with van der Waals surface area (Å²) in [5.41, 5.74) is 0.839. The maximum absolute atomic E-state index is 13.3. The molecule has 1 aliphatic rings. The van der Waals surface area contributed by atoms with Gasteiger partial charge in [-0.1, -0.05) is 13.0 Å². The van der Waals surface area contributed by atoms with Crippen molar-refractivity contribution in [3.63, 3.8) is 0 Å². The third-order valence-electron chi connectivity index (χ3n) is 4.95. The predicted molar refractivity (Wildman–Crippen MR) is 108 cm³/mol. The number of nitrogens with one attached hydrogen (secondary N) is 1. The first-order valence-electron chi connectivity index (χ1n) is 9.73. The zero-order valence-corrected chi connectivity index (χ0v) is 16.1. The van der Waals surface area contributed by atoms with Gasteiger partial charge in [-0.05, 0) is 49.7 Å². The molecule has 1 aromatic heterocycles. The SMILES string of the molecule is CC[C@@H](O)CN1CCCN(c2ccc(NC(=O)c3cccc(F)c3)cn2)CC1. The monoisotopic (exact) mass is 386 g/mol. The average Bonchev–Trinajstić information content (AvgIpc) is 2.94. The summed E-state index contributed by atoms with van der Waals surface area (Å²) in [6, 6.07) is 9.28. The lowest BCUT2D eigenvalue weighted by atomic mass is 10.2. The highest BCUT2D eigenvalue weighted by Crippen LogP contribution is 2.17. The van der Waals surface area contributed by atoms with Crippen molar-refractivity contribution in [2.24, 2.45) is 0 Å². The summed E-state index contributed by atoms with van der Waals surface area (Å²) in [5, 5.41) is 12.6. The van der Waals surface area contributed by atoms with E-state index in [0.717, 1.165) is 44.8 Å². The van der Waals surface area contributed by atoms with E-state index in [0.29, 0.717) is 12.2 Å². The first kappa shape index (κ1) is 20.2. The number of hydrogen-bond acceptors (Lipinski definition) is 5. The largest absolute Gasteiger partial charge is 0.392 e. The third kappa shape index (κ3) is 5.50. The van der Waals surface area contributed by atoms with E-state index in [4.69, 9.17) is 0 Å². The van der Waals surface area contributed by atoms with E-state index in [1.165, 1.54) is 18.2 Å². The minimum atomic E-state index is -0.442. The van der Waals surface area contributed by atoms with Gasteiger partial charge in [-0.25, -0.2) is 9.37 Å². The molecule has 2 aromatic rings. The second-order valence-electron chi connectivity index (χ2n) is 7.07. The van der Waals surface area contributed by atoms with Gasteiger partial charge in [0.25, 0.3) is 5.91 Å². The Hall–Kier alpha value is -2.51. The topological polar surface area (TPSA) is 68.7 Å². The van der Waals surface area contributed by atoms with Crippen molar-refractivity contribution in [1.29, 1.82) is 0 Å². The summed E-state index contributed by atoms with van der Waals surface area (Å²) in [6.07, 6.45) is 3.13. The van der Waals surface area contributed by atoms with Gasteiger partial charge in [0.1, 0.15) is 11.6 Å². The van der Waals surface area contributed by atoms with Crippen LogP contribution in [0.5, 0.6) is 0 Å². The van der Waals surface area contributed by atoms with Gasteiger partial charge < -0.3 is 15.3 Å². The molecule has 0 unspecified atom stereocenters. The number of aromatic nitrogens is 1. The number of β-amino-alcohol motifs (C(OH)–C–C–N with tert-alkyl or cyclic N) is 1. The number of hydrogen-bond donors (Lipinski definition) is 2. The standard InChI is InChI=1S/C21H27FN4O2/c1-2-19(27)15-25-9-4-10-26(12-11-25)20-8-7-18(14-23-20)24-21(28)16-5-3-6-17(22)13-16/h3,5-8,13-14,19,27H,2,4,9-12,15H2,1H3,(H,24,28)/t19-/m1/s1. The summed E-state index contributed by atoms with van der Waals surface area (Å²) in [7, 11) is 0. The van der Waals surface area contributed by atoms with Crippen molar-refractivity contribution in [3.05, 3.63) is 54.0 Å². The second kappa shape index (κ2) is 9.61. The van der Waals surface area contributed by atoms with E-state index in [2.05, 4.69) is 20.1 Å². The molecule has 0 spiro atoms. The molecule has 0 radical (unpaired) electrons. The second-order valence-corrected chi connectivity index (χ2v) is 7.07. The summed E-state index contributed by atoms with van der Waals surface area (Å²) < 4.78 is 13.3. The molecule has 1 aromatic carbocycles. The van der Waals surface area contributed by atoms with Crippen LogP contribution in [0, 0.1) is 5.82 Å². The molecule has 1 amide bonds. The molecule has 0 saturated carbocycles. The first-order valence-corrected chi connectivity index (χ1v) is 9.73. The van der Waals surface area contributed by atoms with Crippen molar-refractivity contribution >= 4 is 17.4 Å². The number of amides is 1. The van der Waals surface area contributed by atoms with Crippen LogP contribution in [0.4, 0.5) is 15.9 Å². The number of aliphatic hydroxyl groups is 1. The summed E-state index contributed by atoms with van der Waals surface area (Å²) in [5.74, 6) is 0.0541. The van der Waals surface area contributed by atoms with Crippen molar-refractivity contribution in [3.8, 4) is 0 Å². The van der Waals surface area contributed by atoms with E-state index in [1.807, 2.05) is 19.1 Å². The van der Waals surface area contributed by atoms with Crippen LogP contribution in [0.1, 0.15) is 30.1 Å². The molecule has 6 nitrogen and oxygen atoms in total. The Labute approximate surface area is 165 Å². The Kier molecular flexibility index (Phi) is 6.95. The number of rotatable bonds is 6. The number of carbonyl (C=O) groups is 1. The molecular weight excluding hydrogens is 359 g/mol. The van der Waals surface area contributed by atoms with Gasteiger partial charge in [-0.15, -0.1) is 0 Å². The Morgan fingerprint density at radius 3 is 2.82 bits per heavy atom. The van der Waals surface area contributed by atoms with Crippen LogP contribution < -0.4 is 10.2 Å². The van der Waals surface area contributed by atoms with E-state index >= 15 is 0 Å². The normalized spacial score (nSPS) is 16.5. The molecule has 2 N–H and O–H groups in total. The minimum absolute atomic E-state index is 0.269. The molecule has 3 rings (SSSR count). The fourth-order valence-corrected chi connectivity index (χ4v) is 3.29. The van der Waals surface area contributed by atoms with Gasteiger partial charge in [-0.2, -0.15) is 0 Å². The smallest absolute Gasteiger partial charge is 0.255 e. The van der Waals surface area contributed by atoms with Gasteiger partial charge in [0, 0.05) is 31.7 Å². The fraction of sp³-hybridized carbons (Fsp3) is 0.429. The Balaban J connectivity index is 1.57. The fourth-order valence-electron chi connectivity index (χ4n) is 3.29. The van der Waals surface area contributed by atoms with E-state index < -0.39 is 5.82 Å². The summed E-state index contributed by atoms with van der Waals surface area (Å²) in [4.78, 5) is 21.2. The van der Waals surface area contributed by atoms with Crippen LogP contribution in [0.2, 0.25) is 0 Å². The minimum Gasteiger partial charge on any atom is -0.392 e. The number of anilines is 2. The zero-order valence-electron chi connectivity index (χ0n) is 16.1. The summed E-state index contributed by atoms with van der Waals surface area (Å²) >= 11 is 0. The molecule has 28 heavy (non-hydrogen) atoms. The van der Waals surface area contributed by atoms with Gasteiger partial charge >= 0.3 is 0 Å². The lowest BCUT2D eigenvalue weighted by Gasteiger charge is -2.24. The molecule has 150 valence electrons. The molecule has 0 aliphatic carbocycles. The molecule has 0 bridgehead atoms. The van der Waals surface area contributed by atoms with Crippen molar-refractivity contribution in [2.45, 2.75) is 25.9 Å². The van der Waals surface area contributed by atoms with Crippen LogP contribution >= 0.6 is 0 Å². The Morgan fingerprint density at radius 1 is 1.25 bits per heavy atom. The molecule has 1 saturated heterocycles. The lowest BCUT2D eigenvalue weighted by Crippen LogP contribution is -2.35. The van der Waals surface area contributed by atoms with Gasteiger partial charge in [0.2, 0.25) is 0 Å². The maximum atomic E-state index is 13.3. The van der Waals surface area contributed by atoms with Crippen LogP contribution in [0.15, 0.2) is 42.6 Å². The number of pyridine rings is 1. The van der Waals surface area contributed by atoms with Crippen molar-refractivity contribution in [1.82, 2.24) is 9.88 Å². The average molecular weight is 386 g/mol. The van der Waals surface area contributed by atoms with Gasteiger partial charge in [0.05, 0.1) is 18.0 Å². The number of halogens is 1. The number of benzene rings is 1. The van der Waals surface area contributed by atoms with E-state index in [1.54, 1.807) is 12.3 Å². The molecule has 2 heterocycles. The van der Waals surface area contributed by atoms with Crippen molar-refractivity contribution in [2.75, 3.05) is 42.9 Å². The molecule has 1 fully saturated rings. The number of carbonyl (C=O) groups excluding carboxylic acids is 1. The summed E-state index contributed by atoms with van der Waals surface area (Å²) in [6.45, 7) is 6.31. The van der Waals surface area contributed by atoms with Crippen molar-refractivity contribution < 1.29 is 14.3 Å². The van der Waals surface area contributed by atoms with Gasteiger partial charge in [0.15, 0.2) is 0 Å². The molecule has 1 aliphatic heterocycles. The first-order chi connectivity index (χ1) is 13.5. The number of aliphatic hydroxyl groups excluding tert-OH is 1. The Morgan fingerprint density at radius 2 is 2.11 bits per heavy atom. The van der Waals surface area contributed by atoms with Crippen LogP contribution in [0.3, 0.4) is 0 Å². The lowest BCUT2D eigenvalue weighted by molar-refractivity contribution is 0.102. The quantitative estimate of drug-likeness (QED) is 0.799. The Bertz CT molecular complexity index is 784. The van der Waals surface area contributed by atoms with E-state index in [-0.39, 0.29) is 17.6 Å². The zero-order chi connectivity index (χ0) is 19.9. The highest BCUT2D eigenvalue weighted by atomic mass is 19.1. The third-order valence-corrected chi connectivity index (χ3v) is 4.95. The predicted octanol–water partition coefficient (Wildman–Crippen LogP) is 2.76. The van der Waals surface area contributed by atoms with Crippen LogP contribution in [-0.4, -0.2) is 59.7 Å². The highest BCUT2D eigenvalue weighted by Gasteiger charge is 2.18. The van der Waals surface area contributed by atoms with Gasteiger partial charge in [-0.3, -0.25) is 9.69 Å². The van der Waals surface area contributed by atoms with E-state index in [9.17, 15) is 14.3 Å². The number of nitrogens with zero attached hydrogens (tertiary/aromatic N) is 3. The van der Waals surface area contributed by atoms with Crippen LogP contribution in [0.25, 0.3) is 0 Å². The maximum Gasteiger partial charge on any atom is 0.255 e. The van der Waals surface area contributed by atoms with Crippen LogP contribution in [-0.2, 0) is 0 Å². The molecule has 7 heteroatoms. The molecule has 1 atom stereocenters. The highest BCUT2D eigenvalue weighted by molar-refractivity contribution is 6.04.